The van der Waals surface area contributed by atoms with E-state index in [9.17, 15) is 4.79 Å². The van der Waals surface area contributed by atoms with E-state index in [4.69, 9.17) is 9.52 Å². The first kappa shape index (κ1) is 14.1. The predicted octanol–water partition coefficient (Wildman–Crippen LogP) is 2.52. The molecule has 0 saturated carbocycles. The average molecular weight is 257 g/mol. The topological polar surface area (TPSA) is 62.5 Å². The number of furan rings is 1. The quantitative estimate of drug-likeness (QED) is 0.786. The molecule has 1 unspecified atom stereocenters. The SMILES string of the molecule is CSCCC(C)NCc1cc(C)c(C(=O)O)o1. The molecular weight excluding hydrogens is 238 g/mol. The van der Waals surface area contributed by atoms with Gasteiger partial charge in [0.2, 0.25) is 5.76 Å². The van der Waals surface area contributed by atoms with Crippen LogP contribution >= 0.6 is 11.8 Å². The van der Waals surface area contributed by atoms with E-state index in [1.54, 1.807) is 13.0 Å². The molecule has 1 heterocycles. The van der Waals surface area contributed by atoms with Crippen molar-refractivity contribution in [3.8, 4) is 0 Å². The van der Waals surface area contributed by atoms with Gasteiger partial charge in [-0.1, -0.05) is 0 Å². The van der Waals surface area contributed by atoms with Crippen LogP contribution in [0.3, 0.4) is 0 Å². The summed E-state index contributed by atoms with van der Waals surface area (Å²) in [6.45, 7) is 4.43. The van der Waals surface area contributed by atoms with E-state index in [0.717, 1.165) is 12.2 Å². The Morgan fingerprint density at radius 1 is 1.65 bits per heavy atom. The van der Waals surface area contributed by atoms with E-state index in [2.05, 4.69) is 18.5 Å². The molecule has 0 radical (unpaired) electrons. The molecule has 0 fully saturated rings. The molecule has 0 aromatic carbocycles. The van der Waals surface area contributed by atoms with Crippen LogP contribution in [0.25, 0.3) is 0 Å². The first-order valence-corrected chi connectivity index (χ1v) is 6.99. The van der Waals surface area contributed by atoms with Crippen molar-refractivity contribution in [3.63, 3.8) is 0 Å². The largest absolute Gasteiger partial charge is 0.475 e. The lowest BCUT2D eigenvalue weighted by Gasteiger charge is -2.11. The molecule has 0 amide bonds. The van der Waals surface area contributed by atoms with E-state index in [1.165, 1.54) is 0 Å². The number of hydrogen-bond donors (Lipinski definition) is 2. The molecule has 0 aliphatic rings. The van der Waals surface area contributed by atoms with Crippen LogP contribution in [0.5, 0.6) is 0 Å². The zero-order valence-corrected chi connectivity index (χ0v) is 11.3. The van der Waals surface area contributed by atoms with Gasteiger partial charge < -0.3 is 14.8 Å². The molecular formula is C12H19NO3S. The van der Waals surface area contributed by atoms with Crippen molar-refractivity contribution < 1.29 is 14.3 Å². The smallest absolute Gasteiger partial charge is 0.372 e. The van der Waals surface area contributed by atoms with E-state index in [-0.39, 0.29) is 5.76 Å². The Kier molecular flexibility index (Phi) is 5.58. The van der Waals surface area contributed by atoms with E-state index < -0.39 is 5.97 Å². The molecule has 0 aliphatic heterocycles. The Morgan fingerprint density at radius 2 is 2.35 bits per heavy atom. The molecule has 5 heteroatoms. The van der Waals surface area contributed by atoms with Gasteiger partial charge in [0.25, 0.3) is 0 Å². The highest BCUT2D eigenvalue weighted by Crippen LogP contribution is 2.14. The fraction of sp³-hybridized carbons (Fsp3) is 0.583. The van der Waals surface area contributed by atoms with Crippen LogP contribution in [0.15, 0.2) is 10.5 Å². The third-order valence-corrected chi connectivity index (χ3v) is 3.19. The first-order valence-electron chi connectivity index (χ1n) is 5.59. The highest BCUT2D eigenvalue weighted by atomic mass is 32.2. The molecule has 96 valence electrons. The maximum atomic E-state index is 10.8. The Bertz CT molecular complexity index is 376. The molecule has 1 rings (SSSR count). The first-order chi connectivity index (χ1) is 8.04. The number of hydrogen-bond acceptors (Lipinski definition) is 4. The fourth-order valence-electron chi connectivity index (χ4n) is 1.52. The highest BCUT2D eigenvalue weighted by Gasteiger charge is 2.14. The summed E-state index contributed by atoms with van der Waals surface area (Å²) in [4.78, 5) is 10.8. The van der Waals surface area contributed by atoms with Crippen molar-refractivity contribution in [2.24, 2.45) is 0 Å². The van der Waals surface area contributed by atoms with Gasteiger partial charge in [0.1, 0.15) is 5.76 Å². The number of carboxylic acid groups (broad SMARTS) is 1. The lowest BCUT2D eigenvalue weighted by Crippen LogP contribution is -2.25. The summed E-state index contributed by atoms with van der Waals surface area (Å²) in [6, 6.07) is 2.18. The lowest BCUT2D eigenvalue weighted by molar-refractivity contribution is 0.0659. The van der Waals surface area contributed by atoms with Crippen molar-refractivity contribution in [3.05, 3.63) is 23.2 Å². The van der Waals surface area contributed by atoms with E-state index in [1.807, 2.05) is 11.8 Å². The van der Waals surface area contributed by atoms with Gasteiger partial charge in [0, 0.05) is 11.6 Å². The van der Waals surface area contributed by atoms with Gasteiger partial charge in [-0.2, -0.15) is 11.8 Å². The van der Waals surface area contributed by atoms with Crippen LogP contribution in [0, 0.1) is 6.92 Å². The summed E-state index contributed by atoms with van der Waals surface area (Å²) in [7, 11) is 0. The third kappa shape index (κ3) is 4.44. The third-order valence-electron chi connectivity index (χ3n) is 2.54. The lowest BCUT2D eigenvalue weighted by atomic mass is 10.2. The van der Waals surface area contributed by atoms with Gasteiger partial charge in [-0.15, -0.1) is 0 Å². The van der Waals surface area contributed by atoms with Crippen molar-refractivity contribution in [1.29, 1.82) is 0 Å². The number of rotatable bonds is 7. The second-order valence-corrected chi connectivity index (χ2v) is 5.08. The second kappa shape index (κ2) is 6.71. The van der Waals surface area contributed by atoms with Crippen LogP contribution in [-0.2, 0) is 6.54 Å². The van der Waals surface area contributed by atoms with Gasteiger partial charge >= 0.3 is 5.97 Å². The van der Waals surface area contributed by atoms with Gasteiger partial charge in [-0.3, -0.25) is 0 Å². The molecule has 4 nitrogen and oxygen atoms in total. The number of nitrogens with one attached hydrogen (secondary N) is 1. The average Bonchev–Trinajstić information content (AvgIpc) is 2.65. The Balaban J connectivity index is 2.47. The van der Waals surface area contributed by atoms with Crippen LogP contribution in [0.2, 0.25) is 0 Å². The minimum absolute atomic E-state index is 0.0403. The molecule has 0 spiro atoms. The molecule has 0 aliphatic carbocycles. The molecule has 1 aromatic heterocycles. The zero-order valence-electron chi connectivity index (χ0n) is 10.4. The minimum atomic E-state index is -1.01. The highest BCUT2D eigenvalue weighted by molar-refractivity contribution is 7.98. The standard InChI is InChI=1S/C12H19NO3S/c1-8-6-10(16-11(8)12(14)15)7-13-9(2)4-5-17-3/h6,9,13H,4-5,7H2,1-3H3,(H,14,15). The number of carbonyl (C=O) groups is 1. The summed E-state index contributed by atoms with van der Waals surface area (Å²) in [5.74, 6) is 0.824. The number of carboxylic acids is 1. The number of thioether (sulfide) groups is 1. The van der Waals surface area contributed by atoms with Gasteiger partial charge in [-0.05, 0) is 38.3 Å². The summed E-state index contributed by atoms with van der Waals surface area (Å²) in [6.07, 6.45) is 3.17. The Morgan fingerprint density at radius 3 is 2.88 bits per heavy atom. The summed E-state index contributed by atoms with van der Waals surface area (Å²) >= 11 is 1.82. The Hall–Kier alpha value is -0.940. The van der Waals surface area contributed by atoms with Crippen molar-refractivity contribution >= 4 is 17.7 Å². The maximum absolute atomic E-state index is 10.8. The molecule has 17 heavy (non-hydrogen) atoms. The van der Waals surface area contributed by atoms with Crippen molar-refractivity contribution in [2.45, 2.75) is 32.9 Å². The van der Waals surface area contributed by atoms with E-state index >= 15 is 0 Å². The molecule has 0 saturated heterocycles. The van der Waals surface area contributed by atoms with E-state index in [0.29, 0.717) is 23.9 Å². The van der Waals surface area contributed by atoms with Crippen molar-refractivity contribution in [1.82, 2.24) is 5.32 Å². The minimum Gasteiger partial charge on any atom is -0.475 e. The Labute approximate surface area is 106 Å². The summed E-state index contributed by atoms with van der Waals surface area (Å²) in [5.41, 5.74) is 0.672. The zero-order chi connectivity index (χ0) is 12.8. The number of aryl methyl sites for hydroxylation is 1. The normalized spacial score (nSPS) is 12.6. The number of aromatic carboxylic acids is 1. The molecule has 1 atom stereocenters. The summed E-state index contributed by atoms with van der Waals surface area (Å²) in [5, 5.41) is 12.2. The second-order valence-electron chi connectivity index (χ2n) is 4.09. The van der Waals surface area contributed by atoms with Crippen LogP contribution in [0.1, 0.15) is 35.2 Å². The molecule has 2 N–H and O–H groups in total. The summed E-state index contributed by atoms with van der Waals surface area (Å²) < 4.78 is 5.26. The van der Waals surface area contributed by atoms with Crippen LogP contribution in [-0.4, -0.2) is 29.1 Å². The molecule has 1 aromatic rings. The predicted molar refractivity (Wildman–Crippen MR) is 69.7 cm³/mol. The maximum Gasteiger partial charge on any atom is 0.372 e. The monoisotopic (exact) mass is 257 g/mol. The van der Waals surface area contributed by atoms with Crippen LogP contribution in [0.4, 0.5) is 0 Å². The van der Waals surface area contributed by atoms with Gasteiger partial charge in [0.05, 0.1) is 6.54 Å². The van der Waals surface area contributed by atoms with Crippen molar-refractivity contribution in [2.75, 3.05) is 12.0 Å². The molecule has 0 bridgehead atoms. The van der Waals surface area contributed by atoms with Gasteiger partial charge in [-0.25, -0.2) is 4.79 Å². The van der Waals surface area contributed by atoms with Gasteiger partial charge in [0.15, 0.2) is 0 Å². The van der Waals surface area contributed by atoms with Crippen LogP contribution < -0.4 is 5.32 Å². The fourth-order valence-corrected chi connectivity index (χ4v) is 2.11.